The second kappa shape index (κ2) is 5.06. The van der Waals surface area contributed by atoms with Gasteiger partial charge in [0.15, 0.2) is 0 Å². The van der Waals surface area contributed by atoms with Gasteiger partial charge in [-0.15, -0.1) is 11.6 Å². The molecule has 2 heterocycles. The Morgan fingerprint density at radius 1 is 1.76 bits per heavy atom. The van der Waals surface area contributed by atoms with Gasteiger partial charge < -0.3 is 9.64 Å². The van der Waals surface area contributed by atoms with Crippen LogP contribution < -0.4 is 0 Å². The van der Waals surface area contributed by atoms with Gasteiger partial charge in [0.25, 0.3) is 5.91 Å². The number of hydrogen-bond acceptors (Lipinski definition) is 3. The number of halogens is 1. The molecule has 0 aliphatic carbocycles. The van der Waals surface area contributed by atoms with Gasteiger partial charge in [-0.2, -0.15) is 5.10 Å². The van der Waals surface area contributed by atoms with Crippen LogP contribution in [-0.2, 0) is 4.74 Å². The van der Waals surface area contributed by atoms with Crippen LogP contribution in [0.15, 0.2) is 6.20 Å². The van der Waals surface area contributed by atoms with Crippen molar-refractivity contribution in [3.8, 4) is 0 Å². The molecule has 2 rings (SSSR count). The summed E-state index contributed by atoms with van der Waals surface area (Å²) in [5.74, 6) is 0.392. The first-order valence-electron chi connectivity index (χ1n) is 5.62. The second-order valence-electron chi connectivity index (χ2n) is 4.32. The average Bonchev–Trinajstić information content (AvgIpc) is 2.75. The molecule has 94 valence electrons. The molecule has 2 atom stereocenters. The van der Waals surface area contributed by atoms with Gasteiger partial charge in [0.1, 0.15) is 0 Å². The van der Waals surface area contributed by atoms with Crippen LogP contribution in [0.4, 0.5) is 0 Å². The normalized spacial score (nSPS) is 25.0. The molecule has 1 amide bonds. The number of amides is 1. The molecular weight excluding hydrogens is 242 g/mol. The fraction of sp³-hybridized carbons (Fsp3) is 0.636. The summed E-state index contributed by atoms with van der Waals surface area (Å²) in [6.45, 7) is 4.87. The van der Waals surface area contributed by atoms with Crippen LogP contribution in [0.2, 0.25) is 0 Å². The second-order valence-corrected chi connectivity index (χ2v) is 4.63. The lowest BCUT2D eigenvalue weighted by Gasteiger charge is -2.37. The Labute approximate surface area is 105 Å². The number of morpholine rings is 1. The molecule has 17 heavy (non-hydrogen) atoms. The van der Waals surface area contributed by atoms with Gasteiger partial charge >= 0.3 is 0 Å². The zero-order valence-electron chi connectivity index (χ0n) is 9.94. The molecule has 2 unspecified atom stereocenters. The molecule has 5 nitrogen and oxygen atoms in total. The fourth-order valence-corrected chi connectivity index (χ4v) is 2.10. The van der Waals surface area contributed by atoms with Crippen molar-refractivity contribution in [1.29, 1.82) is 0 Å². The van der Waals surface area contributed by atoms with E-state index in [2.05, 4.69) is 10.2 Å². The summed E-state index contributed by atoms with van der Waals surface area (Å²) in [4.78, 5) is 14.1. The molecular formula is C11H16ClN3O2. The van der Waals surface area contributed by atoms with Crippen LogP contribution in [0.1, 0.15) is 23.0 Å². The van der Waals surface area contributed by atoms with Crippen LogP contribution in [0.5, 0.6) is 0 Å². The van der Waals surface area contributed by atoms with E-state index in [-0.39, 0.29) is 18.1 Å². The Kier molecular flexibility index (Phi) is 3.69. The molecule has 1 aliphatic heterocycles. The molecule has 1 N–H and O–H groups in total. The van der Waals surface area contributed by atoms with Crippen molar-refractivity contribution in [2.45, 2.75) is 26.0 Å². The number of aromatic amines is 1. The SMILES string of the molecule is Cc1[nH]ncc1C(=O)N1CC(CCl)OCC1C. The van der Waals surface area contributed by atoms with E-state index in [9.17, 15) is 4.79 Å². The van der Waals surface area contributed by atoms with E-state index in [0.717, 1.165) is 5.69 Å². The van der Waals surface area contributed by atoms with Crippen molar-refractivity contribution in [3.63, 3.8) is 0 Å². The van der Waals surface area contributed by atoms with E-state index in [1.807, 2.05) is 13.8 Å². The molecule has 1 aromatic heterocycles. The summed E-state index contributed by atoms with van der Waals surface area (Å²) in [6.07, 6.45) is 1.49. The van der Waals surface area contributed by atoms with Crippen molar-refractivity contribution in [2.24, 2.45) is 0 Å². The standard InChI is InChI=1S/C11H16ClN3O2/c1-7-6-17-9(3-12)5-15(7)11(16)10-4-13-14-8(10)2/h4,7,9H,3,5-6H2,1-2H3,(H,13,14). The van der Waals surface area contributed by atoms with E-state index in [1.165, 1.54) is 0 Å². The van der Waals surface area contributed by atoms with Gasteiger partial charge in [0, 0.05) is 12.2 Å². The maximum Gasteiger partial charge on any atom is 0.257 e. The topological polar surface area (TPSA) is 58.2 Å². The fourth-order valence-electron chi connectivity index (χ4n) is 1.91. The third kappa shape index (κ3) is 2.45. The molecule has 1 aromatic rings. The first-order valence-corrected chi connectivity index (χ1v) is 6.15. The van der Waals surface area contributed by atoms with Gasteiger partial charge in [0.05, 0.1) is 36.4 Å². The predicted octanol–water partition coefficient (Wildman–Crippen LogP) is 1.19. The van der Waals surface area contributed by atoms with E-state index in [4.69, 9.17) is 16.3 Å². The van der Waals surface area contributed by atoms with Crippen LogP contribution in [0.3, 0.4) is 0 Å². The Balaban J connectivity index is 2.15. The highest BCUT2D eigenvalue weighted by Crippen LogP contribution is 2.17. The van der Waals surface area contributed by atoms with Crippen LogP contribution in [-0.4, -0.2) is 52.2 Å². The number of nitrogens with one attached hydrogen (secondary N) is 1. The van der Waals surface area contributed by atoms with Gasteiger partial charge in [-0.1, -0.05) is 0 Å². The molecule has 1 saturated heterocycles. The number of nitrogens with zero attached hydrogens (tertiary/aromatic N) is 2. The number of carbonyl (C=O) groups is 1. The first kappa shape index (κ1) is 12.4. The summed E-state index contributed by atoms with van der Waals surface area (Å²) in [6, 6.07) is 0.0660. The summed E-state index contributed by atoms with van der Waals surface area (Å²) >= 11 is 5.77. The van der Waals surface area contributed by atoms with Gasteiger partial charge in [-0.3, -0.25) is 9.89 Å². The van der Waals surface area contributed by atoms with Gasteiger partial charge in [0.2, 0.25) is 0 Å². The minimum Gasteiger partial charge on any atom is -0.373 e. The summed E-state index contributed by atoms with van der Waals surface area (Å²) in [7, 11) is 0. The third-order valence-corrected chi connectivity index (χ3v) is 3.34. The zero-order chi connectivity index (χ0) is 12.4. The minimum absolute atomic E-state index is 0.0119. The summed E-state index contributed by atoms with van der Waals surface area (Å²) < 4.78 is 5.52. The smallest absolute Gasteiger partial charge is 0.257 e. The summed E-state index contributed by atoms with van der Waals surface area (Å²) in [5, 5.41) is 6.65. The highest BCUT2D eigenvalue weighted by molar-refractivity contribution is 6.18. The van der Waals surface area contributed by atoms with E-state index in [0.29, 0.717) is 24.6 Å². The predicted molar refractivity (Wildman–Crippen MR) is 64.3 cm³/mol. The highest BCUT2D eigenvalue weighted by Gasteiger charge is 2.30. The lowest BCUT2D eigenvalue weighted by molar-refractivity contribution is -0.0372. The maximum absolute atomic E-state index is 12.3. The molecule has 6 heteroatoms. The number of hydrogen-bond donors (Lipinski definition) is 1. The largest absolute Gasteiger partial charge is 0.373 e. The lowest BCUT2D eigenvalue weighted by atomic mass is 10.1. The van der Waals surface area contributed by atoms with Gasteiger partial charge in [-0.05, 0) is 13.8 Å². The number of alkyl halides is 1. The van der Waals surface area contributed by atoms with Crippen molar-refractivity contribution in [2.75, 3.05) is 19.0 Å². The van der Waals surface area contributed by atoms with E-state index < -0.39 is 0 Å². The molecule has 0 spiro atoms. The van der Waals surface area contributed by atoms with Crippen molar-refractivity contribution >= 4 is 17.5 Å². The van der Waals surface area contributed by atoms with Crippen LogP contribution >= 0.6 is 11.6 Å². The molecule has 0 saturated carbocycles. The Bertz CT molecular complexity index is 407. The Morgan fingerprint density at radius 3 is 3.12 bits per heavy atom. The number of H-pyrrole nitrogens is 1. The number of aromatic nitrogens is 2. The molecule has 1 fully saturated rings. The number of aryl methyl sites for hydroxylation is 1. The Morgan fingerprint density at radius 2 is 2.53 bits per heavy atom. The summed E-state index contributed by atoms with van der Waals surface area (Å²) in [5.41, 5.74) is 1.41. The maximum atomic E-state index is 12.3. The van der Waals surface area contributed by atoms with Gasteiger partial charge in [-0.25, -0.2) is 0 Å². The monoisotopic (exact) mass is 257 g/mol. The average molecular weight is 258 g/mol. The number of rotatable bonds is 2. The molecule has 0 aromatic carbocycles. The zero-order valence-corrected chi connectivity index (χ0v) is 10.7. The van der Waals surface area contributed by atoms with Crippen molar-refractivity contribution in [1.82, 2.24) is 15.1 Å². The lowest BCUT2D eigenvalue weighted by Crippen LogP contribution is -2.51. The molecule has 1 aliphatic rings. The van der Waals surface area contributed by atoms with Crippen LogP contribution in [0, 0.1) is 6.92 Å². The van der Waals surface area contributed by atoms with E-state index in [1.54, 1.807) is 11.1 Å². The number of carbonyl (C=O) groups excluding carboxylic acids is 1. The Hall–Kier alpha value is -1.07. The number of ether oxygens (including phenoxy) is 1. The third-order valence-electron chi connectivity index (χ3n) is 3.00. The van der Waals surface area contributed by atoms with Crippen LogP contribution in [0.25, 0.3) is 0 Å². The highest BCUT2D eigenvalue weighted by atomic mass is 35.5. The van der Waals surface area contributed by atoms with Crippen molar-refractivity contribution in [3.05, 3.63) is 17.5 Å². The first-order chi connectivity index (χ1) is 8.13. The molecule has 0 radical (unpaired) electrons. The molecule has 0 bridgehead atoms. The minimum atomic E-state index is -0.0796. The van der Waals surface area contributed by atoms with E-state index >= 15 is 0 Å². The van der Waals surface area contributed by atoms with Crippen molar-refractivity contribution < 1.29 is 9.53 Å². The quantitative estimate of drug-likeness (QED) is 0.810.